The highest BCUT2D eigenvalue weighted by atomic mass is 127. The molecule has 5 nitrogen and oxygen atoms in total. The number of aliphatic imine (C=N–C) groups is 1. The van der Waals surface area contributed by atoms with Crippen LogP contribution in [0.25, 0.3) is 0 Å². The molecular weight excluding hydrogens is 447 g/mol. The lowest BCUT2D eigenvalue weighted by Gasteiger charge is -2.12. The lowest BCUT2D eigenvalue weighted by atomic mass is 10.1. The molecule has 138 valence electrons. The van der Waals surface area contributed by atoms with Crippen molar-refractivity contribution in [3.8, 4) is 5.75 Å². The Morgan fingerprint density at radius 1 is 1.20 bits per heavy atom. The van der Waals surface area contributed by atoms with E-state index < -0.39 is 0 Å². The highest BCUT2D eigenvalue weighted by molar-refractivity contribution is 14.0. The zero-order valence-corrected chi connectivity index (χ0v) is 18.4. The normalized spacial score (nSPS) is 11.0. The van der Waals surface area contributed by atoms with Gasteiger partial charge in [0.05, 0.1) is 12.1 Å². The summed E-state index contributed by atoms with van der Waals surface area (Å²) in [6.45, 7) is 5.78. The van der Waals surface area contributed by atoms with Crippen molar-refractivity contribution in [2.45, 2.75) is 26.7 Å². The van der Waals surface area contributed by atoms with Gasteiger partial charge in [0, 0.05) is 37.6 Å². The second-order valence-corrected chi connectivity index (χ2v) is 6.91. The Labute approximate surface area is 171 Å². The summed E-state index contributed by atoms with van der Waals surface area (Å²) >= 11 is 1.74. The van der Waals surface area contributed by atoms with E-state index in [0.717, 1.165) is 48.2 Å². The van der Waals surface area contributed by atoms with E-state index in [0.29, 0.717) is 0 Å². The van der Waals surface area contributed by atoms with E-state index >= 15 is 0 Å². The van der Waals surface area contributed by atoms with Crippen molar-refractivity contribution in [2.24, 2.45) is 4.99 Å². The van der Waals surface area contributed by atoms with Gasteiger partial charge in [-0.15, -0.1) is 35.3 Å². The summed E-state index contributed by atoms with van der Waals surface area (Å²) in [5.74, 6) is 1.76. The van der Waals surface area contributed by atoms with Crippen LogP contribution in [0.2, 0.25) is 0 Å². The van der Waals surface area contributed by atoms with Gasteiger partial charge in [-0.3, -0.25) is 4.99 Å². The average Bonchev–Trinajstić information content (AvgIpc) is 3.00. The minimum atomic E-state index is 0. The zero-order valence-electron chi connectivity index (χ0n) is 15.3. The van der Waals surface area contributed by atoms with E-state index in [1.54, 1.807) is 25.5 Å². The topological polar surface area (TPSA) is 58.5 Å². The predicted molar refractivity (Wildman–Crippen MR) is 117 cm³/mol. The Kier molecular flexibility index (Phi) is 9.81. The highest BCUT2D eigenvalue weighted by Gasteiger charge is 2.03. The summed E-state index contributed by atoms with van der Waals surface area (Å²) in [6.07, 6.45) is 3.75. The molecule has 2 N–H and O–H groups in total. The van der Waals surface area contributed by atoms with E-state index in [2.05, 4.69) is 52.7 Å². The number of nitrogens with one attached hydrogen (secondary N) is 2. The Balaban J connectivity index is 0.00000312. The Morgan fingerprint density at radius 3 is 2.52 bits per heavy atom. The minimum Gasteiger partial charge on any atom is -0.496 e. The van der Waals surface area contributed by atoms with Gasteiger partial charge in [0.2, 0.25) is 0 Å². The quantitative estimate of drug-likeness (QED) is 0.367. The van der Waals surface area contributed by atoms with Crippen molar-refractivity contribution in [3.63, 3.8) is 0 Å². The lowest BCUT2D eigenvalue weighted by molar-refractivity contribution is 0.411. The summed E-state index contributed by atoms with van der Waals surface area (Å²) in [4.78, 5) is 9.88. The number of aryl methyl sites for hydroxylation is 2. The molecule has 0 saturated carbocycles. The maximum atomic E-state index is 5.37. The molecule has 0 aliphatic carbocycles. The van der Waals surface area contributed by atoms with Gasteiger partial charge in [0.25, 0.3) is 0 Å². The van der Waals surface area contributed by atoms with Gasteiger partial charge in [0.1, 0.15) is 5.75 Å². The van der Waals surface area contributed by atoms with E-state index in [1.165, 1.54) is 10.4 Å². The second kappa shape index (κ2) is 11.3. The number of rotatable bonds is 7. The number of ether oxygens (including phenoxy) is 1. The van der Waals surface area contributed by atoms with E-state index in [4.69, 9.17) is 4.74 Å². The van der Waals surface area contributed by atoms with Gasteiger partial charge < -0.3 is 15.4 Å². The molecular formula is C18H27IN4OS. The molecule has 0 saturated heterocycles. The van der Waals surface area contributed by atoms with Crippen LogP contribution in [0.1, 0.15) is 21.0 Å². The number of thiazole rings is 1. The molecule has 1 aromatic carbocycles. The third-order valence-electron chi connectivity index (χ3n) is 3.70. The summed E-state index contributed by atoms with van der Waals surface area (Å²) < 4.78 is 5.37. The van der Waals surface area contributed by atoms with E-state index in [-0.39, 0.29) is 24.0 Å². The Morgan fingerprint density at radius 2 is 1.92 bits per heavy atom. The fourth-order valence-electron chi connectivity index (χ4n) is 2.37. The maximum Gasteiger partial charge on any atom is 0.191 e. The van der Waals surface area contributed by atoms with Crippen molar-refractivity contribution in [3.05, 3.63) is 45.4 Å². The molecule has 1 aromatic heterocycles. The SMILES string of the molecule is CN=C(NCCc1ccc(C)c(OC)c1)NCCc1ncc(C)s1.I. The van der Waals surface area contributed by atoms with Crippen LogP contribution in [-0.4, -0.2) is 38.2 Å². The molecule has 0 bridgehead atoms. The molecule has 0 aliphatic rings. The fraction of sp³-hybridized carbons (Fsp3) is 0.444. The number of benzene rings is 1. The number of hydrogen-bond donors (Lipinski definition) is 2. The maximum absolute atomic E-state index is 5.37. The van der Waals surface area contributed by atoms with Gasteiger partial charge >= 0.3 is 0 Å². The molecule has 0 radical (unpaired) electrons. The molecule has 0 aliphatic heterocycles. The van der Waals surface area contributed by atoms with Crippen molar-refractivity contribution >= 4 is 41.3 Å². The number of hydrogen-bond acceptors (Lipinski definition) is 4. The highest BCUT2D eigenvalue weighted by Crippen LogP contribution is 2.19. The molecule has 0 atom stereocenters. The molecule has 1 heterocycles. The zero-order chi connectivity index (χ0) is 17.4. The number of methoxy groups -OCH3 is 1. The third kappa shape index (κ3) is 7.19. The molecule has 25 heavy (non-hydrogen) atoms. The van der Waals surface area contributed by atoms with Crippen LogP contribution in [-0.2, 0) is 12.8 Å². The van der Waals surface area contributed by atoms with E-state index in [1.807, 2.05) is 6.20 Å². The van der Waals surface area contributed by atoms with E-state index in [9.17, 15) is 0 Å². The van der Waals surface area contributed by atoms with Gasteiger partial charge in [-0.25, -0.2) is 4.98 Å². The first-order chi connectivity index (χ1) is 11.6. The van der Waals surface area contributed by atoms with Crippen LogP contribution in [0.5, 0.6) is 5.75 Å². The van der Waals surface area contributed by atoms with Gasteiger partial charge in [-0.05, 0) is 37.5 Å². The van der Waals surface area contributed by atoms with Crippen LogP contribution in [0.15, 0.2) is 29.4 Å². The predicted octanol–water partition coefficient (Wildman–Crippen LogP) is 3.34. The molecule has 7 heteroatoms. The van der Waals surface area contributed by atoms with Crippen LogP contribution in [0.4, 0.5) is 0 Å². The first kappa shape index (κ1) is 21.7. The standard InChI is InChI=1S/C18H26N4OS.HI/c1-13-5-6-15(11-16(13)23-4)7-9-20-18(19-3)21-10-8-17-22-12-14(2)24-17;/h5-6,11-12H,7-10H2,1-4H3,(H2,19,20,21);1H. The third-order valence-corrected chi connectivity index (χ3v) is 4.68. The van der Waals surface area contributed by atoms with Crippen LogP contribution >= 0.6 is 35.3 Å². The van der Waals surface area contributed by atoms with Gasteiger partial charge in [-0.2, -0.15) is 0 Å². The molecule has 0 unspecified atom stereocenters. The average molecular weight is 474 g/mol. The summed E-state index contributed by atoms with van der Waals surface area (Å²) in [6, 6.07) is 6.33. The first-order valence-corrected chi connectivity index (χ1v) is 8.93. The Bertz CT molecular complexity index is 687. The smallest absolute Gasteiger partial charge is 0.191 e. The first-order valence-electron chi connectivity index (χ1n) is 8.11. The largest absolute Gasteiger partial charge is 0.496 e. The van der Waals surface area contributed by atoms with Crippen LogP contribution in [0, 0.1) is 13.8 Å². The molecule has 0 amide bonds. The van der Waals surface area contributed by atoms with Crippen molar-refractivity contribution in [1.82, 2.24) is 15.6 Å². The second-order valence-electron chi connectivity index (χ2n) is 5.59. The number of guanidine groups is 1. The summed E-state index contributed by atoms with van der Waals surface area (Å²) in [5, 5.41) is 7.82. The van der Waals surface area contributed by atoms with Crippen LogP contribution < -0.4 is 15.4 Å². The van der Waals surface area contributed by atoms with Crippen LogP contribution in [0.3, 0.4) is 0 Å². The molecule has 2 rings (SSSR count). The number of nitrogens with zero attached hydrogens (tertiary/aromatic N) is 2. The van der Waals surface area contributed by atoms with Crippen molar-refractivity contribution in [1.29, 1.82) is 0 Å². The number of aromatic nitrogens is 1. The van der Waals surface area contributed by atoms with Crippen molar-refractivity contribution in [2.75, 3.05) is 27.2 Å². The molecule has 0 fully saturated rings. The fourth-order valence-corrected chi connectivity index (χ4v) is 3.16. The lowest BCUT2D eigenvalue weighted by Crippen LogP contribution is -2.39. The monoisotopic (exact) mass is 474 g/mol. The number of halogens is 1. The summed E-state index contributed by atoms with van der Waals surface area (Å²) in [5.41, 5.74) is 2.41. The van der Waals surface area contributed by atoms with Gasteiger partial charge in [-0.1, -0.05) is 12.1 Å². The molecule has 0 spiro atoms. The van der Waals surface area contributed by atoms with Gasteiger partial charge in [0.15, 0.2) is 5.96 Å². The van der Waals surface area contributed by atoms with Crippen molar-refractivity contribution < 1.29 is 4.74 Å². The summed E-state index contributed by atoms with van der Waals surface area (Å²) in [7, 11) is 3.50. The Hall–Kier alpha value is -1.35. The molecule has 2 aromatic rings. The minimum absolute atomic E-state index is 0.